The predicted molar refractivity (Wildman–Crippen MR) is 137 cm³/mol. The molecule has 3 aromatic rings. The van der Waals surface area contributed by atoms with Crippen LogP contribution in [0.5, 0.6) is 11.5 Å². The molecule has 3 aliphatic rings. The van der Waals surface area contributed by atoms with E-state index in [1.807, 2.05) is 50.5 Å². The van der Waals surface area contributed by atoms with Gasteiger partial charge in [0.15, 0.2) is 6.61 Å². The van der Waals surface area contributed by atoms with Crippen LogP contribution < -0.4 is 20.1 Å². The highest BCUT2D eigenvalue weighted by Gasteiger charge is 2.35. The first-order chi connectivity index (χ1) is 17.9. The minimum absolute atomic E-state index is 0.0869. The van der Waals surface area contributed by atoms with Crippen LogP contribution in [0.2, 0.25) is 0 Å². The fourth-order valence-corrected chi connectivity index (χ4v) is 4.64. The number of piperidine rings is 1. The number of likely N-dealkylation sites (tertiary alicyclic amines) is 1. The molecule has 3 aliphatic heterocycles. The van der Waals surface area contributed by atoms with Crippen LogP contribution in [-0.4, -0.2) is 59.0 Å². The van der Waals surface area contributed by atoms with Crippen LogP contribution >= 0.6 is 0 Å². The van der Waals surface area contributed by atoms with Crippen LogP contribution in [-0.2, 0) is 18.4 Å². The molecule has 2 aromatic carbocycles. The van der Waals surface area contributed by atoms with Gasteiger partial charge in [0.2, 0.25) is 0 Å². The van der Waals surface area contributed by atoms with E-state index in [1.165, 1.54) is 0 Å². The summed E-state index contributed by atoms with van der Waals surface area (Å²) in [6.45, 7) is 2.88. The zero-order chi connectivity index (χ0) is 25.9. The van der Waals surface area contributed by atoms with Crippen molar-refractivity contribution in [2.24, 2.45) is 7.05 Å². The van der Waals surface area contributed by atoms with E-state index in [0.717, 1.165) is 11.1 Å². The quantitative estimate of drug-likeness (QED) is 0.532. The zero-order valence-electron chi connectivity index (χ0n) is 20.9. The van der Waals surface area contributed by atoms with Crippen molar-refractivity contribution in [3.8, 4) is 11.5 Å². The minimum atomic E-state index is -0.435. The maximum atomic E-state index is 13.3. The second kappa shape index (κ2) is 10.4. The molecule has 37 heavy (non-hydrogen) atoms. The van der Waals surface area contributed by atoms with Gasteiger partial charge in [-0.15, -0.1) is 0 Å². The summed E-state index contributed by atoms with van der Waals surface area (Å²) in [5.74, 6) is 0.476. The molecular formula is C28H30N4O5. The Bertz CT molecular complexity index is 1320. The summed E-state index contributed by atoms with van der Waals surface area (Å²) in [5.41, 5.74) is 2.74. The molecule has 192 valence electrons. The highest BCUT2D eigenvalue weighted by molar-refractivity contribution is 5.95. The molecule has 1 saturated heterocycles. The van der Waals surface area contributed by atoms with E-state index in [0.29, 0.717) is 48.8 Å². The van der Waals surface area contributed by atoms with Crippen LogP contribution in [0.1, 0.15) is 38.4 Å². The predicted octanol–water partition coefficient (Wildman–Crippen LogP) is 2.43. The zero-order valence-corrected chi connectivity index (χ0v) is 20.9. The SMILES string of the molecule is Cc1ccc2cc1OCC(=O)NCc1ccc(cc1)O[C@H]1CCN(C(=O)c3cccn3C)C[C@@H]1NC2=O. The molecule has 0 saturated carbocycles. The second-order valence-electron chi connectivity index (χ2n) is 9.47. The van der Waals surface area contributed by atoms with Gasteiger partial charge in [0.25, 0.3) is 17.7 Å². The van der Waals surface area contributed by atoms with E-state index in [9.17, 15) is 14.4 Å². The molecule has 1 fully saturated rings. The normalized spacial score (nSPS) is 20.1. The number of amides is 3. The number of rotatable bonds is 1. The fourth-order valence-electron chi connectivity index (χ4n) is 4.64. The van der Waals surface area contributed by atoms with Gasteiger partial charge in [-0.05, 0) is 54.4 Å². The number of carbonyl (C=O) groups excluding carboxylic acids is 3. The number of aromatic nitrogens is 1. The Kier molecular flexibility index (Phi) is 6.85. The van der Waals surface area contributed by atoms with Crippen LogP contribution in [0, 0.1) is 6.92 Å². The topological polar surface area (TPSA) is 102 Å². The van der Waals surface area contributed by atoms with Gasteiger partial charge in [-0.25, -0.2) is 0 Å². The van der Waals surface area contributed by atoms with Crippen molar-refractivity contribution in [2.75, 3.05) is 19.7 Å². The molecule has 0 unspecified atom stereocenters. The van der Waals surface area contributed by atoms with Gasteiger partial charge in [-0.2, -0.15) is 0 Å². The maximum absolute atomic E-state index is 13.3. The third-order valence-corrected chi connectivity index (χ3v) is 6.83. The Morgan fingerprint density at radius 1 is 1.08 bits per heavy atom. The van der Waals surface area contributed by atoms with Gasteiger partial charge in [-0.3, -0.25) is 14.4 Å². The molecular weight excluding hydrogens is 472 g/mol. The summed E-state index contributed by atoms with van der Waals surface area (Å²) in [6.07, 6.45) is 2.06. The lowest BCUT2D eigenvalue weighted by Crippen LogP contribution is -2.58. The van der Waals surface area contributed by atoms with E-state index in [1.54, 1.807) is 33.7 Å². The highest BCUT2D eigenvalue weighted by Crippen LogP contribution is 2.24. The standard InChI is InChI=1S/C28H30N4O5/c1-18-5-8-20-14-25(18)36-17-26(33)29-15-19-6-9-21(10-7-19)37-24-11-13-32(16-22(24)30-27(20)34)28(35)23-4-3-12-31(23)2/h3-10,12,14,22,24H,11,13,15-17H2,1-2H3,(H,29,33)(H,30,34)/t22-,24-/m0/s1. The molecule has 9 nitrogen and oxygen atoms in total. The Balaban J connectivity index is 1.44. The monoisotopic (exact) mass is 502 g/mol. The number of aryl methyl sites for hydroxylation is 2. The van der Waals surface area contributed by atoms with Crippen molar-refractivity contribution in [1.29, 1.82) is 0 Å². The molecule has 2 N–H and O–H groups in total. The van der Waals surface area contributed by atoms with Crippen molar-refractivity contribution >= 4 is 17.7 Å². The van der Waals surface area contributed by atoms with Crippen LogP contribution in [0.3, 0.4) is 0 Å². The van der Waals surface area contributed by atoms with E-state index < -0.39 is 6.04 Å². The van der Waals surface area contributed by atoms with Crippen molar-refractivity contribution in [3.05, 3.63) is 83.2 Å². The second-order valence-corrected chi connectivity index (χ2v) is 9.47. The first kappa shape index (κ1) is 24.4. The van der Waals surface area contributed by atoms with Crippen molar-refractivity contribution in [1.82, 2.24) is 20.1 Å². The maximum Gasteiger partial charge on any atom is 0.270 e. The number of hydrogen-bond donors (Lipinski definition) is 2. The number of ether oxygens (including phenoxy) is 2. The third-order valence-electron chi connectivity index (χ3n) is 6.83. The minimum Gasteiger partial charge on any atom is -0.488 e. The average Bonchev–Trinajstić information content (AvgIpc) is 3.33. The Morgan fingerprint density at radius 3 is 2.65 bits per heavy atom. The smallest absolute Gasteiger partial charge is 0.270 e. The van der Waals surface area contributed by atoms with Gasteiger partial charge in [0, 0.05) is 44.9 Å². The third kappa shape index (κ3) is 5.45. The molecule has 6 rings (SSSR count). The van der Waals surface area contributed by atoms with Crippen LogP contribution in [0.25, 0.3) is 0 Å². The molecule has 1 aromatic heterocycles. The fraction of sp³-hybridized carbons (Fsp3) is 0.321. The highest BCUT2D eigenvalue weighted by atomic mass is 16.5. The summed E-state index contributed by atoms with van der Waals surface area (Å²) < 4.78 is 13.8. The van der Waals surface area contributed by atoms with E-state index in [4.69, 9.17) is 9.47 Å². The lowest BCUT2D eigenvalue weighted by atomic mass is 10.00. The first-order valence-electron chi connectivity index (χ1n) is 12.3. The van der Waals surface area contributed by atoms with Crippen LogP contribution in [0.4, 0.5) is 0 Å². The van der Waals surface area contributed by atoms with Gasteiger partial charge < -0.3 is 29.6 Å². The van der Waals surface area contributed by atoms with Gasteiger partial charge in [0.1, 0.15) is 23.3 Å². The first-order valence-corrected chi connectivity index (χ1v) is 12.3. The Labute approximate surface area is 215 Å². The number of nitrogens with one attached hydrogen (secondary N) is 2. The van der Waals surface area contributed by atoms with Gasteiger partial charge >= 0.3 is 0 Å². The number of benzene rings is 2. The van der Waals surface area contributed by atoms with Gasteiger partial charge in [0.05, 0.1) is 6.04 Å². The molecule has 0 spiro atoms. The van der Waals surface area contributed by atoms with Crippen molar-refractivity contribution in [2.45, 2.75) is 32.0 Å². The number of nitrogens with zero attached hydrogens (tertiary/aromatic N) is 2. The largest absolute Gasteiger partial charge is 0.488 e. The molecule has 0 aliphatic carbocycles. The van der Waals surface area contributed by atoms with Crippen LogP contribution in [0.15, 0.2) is 60.8 Å². The van der Waals surface area contributed by atoms with Crippen molar-refractivity contribution in [3.63, 3.8) is 0 Å². The number of carbonyl (C=O) groups is 3. The summed E-state index contributed by atoms with van der Waals surface area (Å²) in [5, 5.41) is 5.93. The van der Waals surface area contributed by atoms with Gasteiger partial charge in [-0.1, -0.05) is 18.2 Å². The Hall–Kier alpha value is -4.27. The molecule has 9 heteroatoms. The summed E-state index contributed by atoms with van der Waals surface area (Å²) in [6, 6.07) is 15.8. The summed E-state index contributed by atoms with van der Waals surface area (Å²) >= 11 is 0. The molecule has 3 amide bonds. The lowest BCUT2D eigenvalue weighted by molar-refractivity contribution is -0.123. The number of fused-ring (bicyclic) bond motifs is 7. The van der Waals surface area contributed by atoms with E-state index >= 15 is 0 Å². The molecule has 0 radical (unpaired) electrons. The summed E-state index contributed by atoms with van der Waals surface area (Å²) in [7, 11) is 1.84. The van der Waals surface area contributed by atoms with Crippen molar-refractivity contribution < 1.29 is 23.9 Å². The average molecular weight is 503 g/mol. The summed E-state index contributed by atoms with van der Waals surface area (Å²) in [4.78, 5) is 40.6. The Morgan fingerprint density at radius 2 is 1.89 bits per heavy atom. The molecule has 4 bridgehead atoms. The molecule has 2 atom stereocenters. The lowest BCUT2D eigenvalue weighted by Gasteiger charge is -2.39. The van der Waals surface area contributed by atoms with E-state index in [2.05, 4.69) is 10.6 Å². The molecule has 4 heterocycles. The van der Waals surface area contributed by atoms with E-state index in [-0.39, 0.29) is 30.4 Å². The number of hydrogen-bond acceptors (Lipinski definition) is 5.